The van der Waals surface area contributed by atoms with Gasteiger partial charge in [-0.25, -0.2) is 0 Å². The number of hydrogen-bond donors (Lipinski definition) is 1. The first-order valence-corrected chi connectivity index (χ1v) is 14.8. The van der Waals surface area contributed by atoms with Crippen LogP contribution >= 0.6 is 71.0 Å². The van der Waals surface area contributed by atoms with Crippen LogP contribution in [0.25, 0.3) is 23.3 Å². The van der Waals surface area contributed by atoms with Gasteiger partial charge in [-0.05, 0) is 115 Å². The molecule has 6 rings (SSSR count). The molecule has 191 valence electrons. The van der Waals surface area contributed by atoms with E-state index in [1.807, 2.05) is 42.5 Å². The van der Waals surface area contributed by atoms with Crippen LogP contribution in [0.4, 0.5) is 0 Å². The van der Waals surface area contributed by atoms with Crippen molar-refractivity contribution in [2.45, 2.75) is 12.8 Å². The van der Waals surface area contributed by atoms with Crippen LogP contribution in [0.2, 0.25) is 10.0 Å². The van der Waals surface area contributed by atoms with Gasteiger partial charge in [0.1, 0.15) is 5.75 Å². The van der Waals surface area contributed by atoms with Crippen LogP contribution in [0.1, 0.15) is 22.3 Å². The topological polar surface area (TPSA) is 29.5 Å². The molecule has 0 spiro atoms. The molecule has 38 heavy (non-hydrogen) atoms. The van der Waals surface area contributed by atoms with E-state index in [-0.39, 0.29) is 0 Å². The first-order valence-electron chi connectivity index (χ1n) is 11.6. The van der Waals surface area contributed by atoms with Crippen LogP contribution < -0.4 is 4.65 Å². The van der Waals surface area contributed by atoms with Gasteiger partial charge in [-0.3, -0.25) is 0 Å². The minimum atomic E-state index is 0.602. The molecule has 1 N–H and O–H groups in total. The summed E-state index contributed by atoms with van der Waals surface area (Å²) in [7, 11) is 0.653. The molecule has 2 aliphatic rings. The highest BCUT2D eigenvalue weighted by molar-refractivity contribution is 9.11. The second kappa shape index (κ2) is 14.0. The molecule has 0 saturated carbocycles. The fourth-order valence-electron chi connectivity index (χ4n) is 4.01. The number of hydrogen-bond acceptors (Lipinski definition) is 2. The van der Waals surface area contributed by atoms with E-state index in [9.17, 15) is 0 Å². The fraction of sp³-hybridized carbons (Fsp3) is 0.0667. The van der Waals surface area contributed by atoms with E-state index in [1.54, 1.807) is 6.07 Å². The largest absolute Gasteiger partial charge is 0.569 e. The Morgan fingerprint density at radius 1 is 0.658 bits per heavy atom. The van der Waals surface area contributed by atoms with Crippen molar-refractivity contribution in [2.24, 2.45) is 0 Å². The molecule has 0 aliphatic heterocycles. The van der Waals surface area contributed by atoms with Crippen LogP contribution in [0.5, 0.6) is 5.75 Å². The van der Waals surface area contributed by atoms with Crippen LogP contribution in [-0.4, -0.2) is 12.7 Å². The molecule has 0 aromatic heterocycles. The number of halogens is 5. The minimum Gasteiger partial charge on any atom is -0.537 e. The van der Waals surface area contributed by atoms with Gasteiger partial charge in [0.05, 0.1) is 9.50 Å². The summed E-state index contributed by atoms with van der Waals surface area (Å²) < 4.78 is 7.60. The van der Waals surface area contributed by atoms with Crippen molar-refractivity contribution in [3.05, 3.63) is 131 Å². The van der Waals surface area contributed by atoms with E-state index in [0.29, 0.717) is 13.4 Å². The van der Waals surface area contributed by atoms with E-state index in [1.165, 1.54) is 22.3 Å². The minimum absolute atomic E-state index is 0.602. The predicted molar refractivity (Wildman–Crippen MR) is 172 cm³/mol. The van der Waals surface area contributed by atoms with Gasteiger partial charge in [0.15, 0.2) is 0 Å². The van der Waals surface area contributed by atoms with E-state index < -0.39 is 0 Å². The summed E-state index contributed by atoms with van der Waals surface area (Å²) in [5.74, 6) is 0.602. The van der Waals surface area contributed by atoms with Gasteiger partial charge in [0, 0.05) is 19.5 Å². The van der Waals surface area contributed by atoms with Gasteiger partial charge < -0.3 is 9.68 Å². The second-order valence-electron chi connectivity index (χ2n) is 8.34. The molecule has 1 radical (unpaired) electrons. The summed E-state index contributed by atoms with van der Waals surface area (Å²) >= 11 is 22.5. The summed E-state index contributed by atoms with van der Waals surface area (Å²) in [5.41, 5.74) is 7.43. The van der Waals surface area contributed by atoms with Crippen LogP contribution in [0, 0.1) is 0 Å². The Morgan fingerprint density at radius 3 is 1.87 bits per heavy atom. The number of rotatable bonds is 3. The molecular weight excluding hydrogens is 714 g/mol. The lowest BCUT2D eigenvalue weighted by molar-refractivity contribution is 0.452. The summed E-state index contributed by atoms with van der Waals surface area (Å²) in [6.45, 7) is 0. The summed E-state index contributed by atoms with van der Waals surface area (Å²) in [4.78, 5) is 0. The molecule has 0 saturated heterocycles. The van der Waals surface area contributed by atoms with Gasteiger partial charge in [-0.15, -0.1) is 0 Å². The lowest BCUT2D eigenvalue weighted by Crippen LogP contribution is -1.99. The lowest BCUT2D eigenvalue weighted by atomic mass is 10.0. The SMILES string of the molecule is Clc1cc2c(cc1-c1ccccc1Br)CC=C2.Clc1cc2c(cc1Br)CC=C2.O[B]Oc1ccccc1Br. The van der Waals surface area contributed by atoms with Crippen molar-refractivity contribution in [1.29, 1.82) is 0 Å². The highest BCUT2D eigenvalue weighted by Gasteiger charge is 2.13. The van der Waals surface area contributed by atoms with Gasteiger partial charge >= 0.3 is 7.69 Å². The smallest absolute Gasteiger partial charge is 0.537 e. The average molecular weight is 735 g/mol. The molecule has 0 fully saturated rings. The maximum absolute atomic E-state index is 8.28. The third-order valence-electron chi connectivity index (χ3n) is 5.86. The fourth-order valence-corrected chi connectivity index (χ4v) is 5.72. The molecule has 0 amide bonds. The maximum atomic E-state index is 8.28. The normalized spacial score (nSPS) is 12.1. The molecule has 0 bridgehead atoms. The molecule has 2 nitrogen and oxygen atoms in total. The molecular formula is C30H21BBr3Cl2O2. The number of allylic oxidation sites excluding steroid dienone is 2. The zero-order valence-corrected chi connectivity index (χ0v) is 26.2. The van der Waals surface area contributed by atoms with Crippen LogP contribution in [0.15, 0.2) is 98.4 Å². The number of benzene rings is 4. The van der Waals surface area contributed by atoms with Crippen molar-refractivity contribution in [3.63, 3.8) is 0 Å². The van der Waals surface area contributed by atoms with Crippen molar-refractivity contribution in [2.75, 3.05) is 0 Å². The van der Waals surface area contributed by atoms with E-state index in [2.05, 4.69) is 96.4 Å². The molecule has 0 heterocycles. The third-order valence-corrected chi connectivity index (χ3v) is 8.72. The van der Waals surface area contributed by atoms with E-state index >= 15 is 0 Å². The van der Waals surface area contributed by atoms with Gasteiger partial charge in [0.25, 0.3) is 0 Å². The number of para-hydroxylation sites is 1. The van der Waals surface area contributed by atoms with E-state index in [4.69, 9.17) is 32.9 Å². The van der Waals surface area contributed by atoms with Gasteiger partial charge in [-0.1, -0.05) is 93.8 Å². The molecule has 0 unspecified atom stereocenters. The molecule has 0 atom stereocenters. The lowest BCUT2D eigenvalue weighted by Gasteiger charge is -2.09. The summed E-state index contributed by atoms with van der Waals surface area (Å²) in [6.07, 6.45) is 10.6. The van der Waals surface area contributed by atoms with Crippen molar-refractivity contribution in [3.8, 4) is 16.9 Å². The van der Waals surface area contributed by atoms with Crippen LogP contribution in [-0.2, 0) is 12.8 Å². The molecule has 2 aliphatic carbocycles. The van der Waals surface area contributed by atoms with Crippen molar-refractivity contribution in [1.82, 2.24) is 0 Å². The summed E-state index contributed by atoms with van der Waals surface area (Å²) in [6, 6.07) is 23.7. The van der Waals surface area contributed by atoms with Gasteiger partial charge in [-0.2, -0.15) is 0 Å². The standard InChI is InChI=1S/C15H10BrCl.C9H6BrCl.C6H5BBrO2/c16-14-7-2-1-6-12(14)13-8-10-4-3-5-11(10)9-15(13)17;10-8-4-6-2-1-3-7(6)5-9(8)11;8-5-3-1-2-4-6(5)10-7-9/h1-3,5-9H,4H2;1,3-5H,2H2;1-4,9H. The predicted octanol–water partition coefficient (Wildman–Crippen LogP) is 10.4. The quantitative estimate of drug-likeness (QED) is 0.213. The number of fused-ring (bicyclic) bond motifs is 2. The molecule has 4 aromatic carbocycles. The monoisotopic (exact) mass is 731 g/mol. The molecule has 4 aromatic rings. The Morgan fingerprint density at radius 2 is 1.24 bits per heavy atom. The summed E-state index contributed by atoms with van der Waals surface area (Å²) in [5, 5.41) is 9.87. The van der Waals surface area contributed by atoms with Crippen molar-refractivity contribution >= 4 is 90.8 Å². The zero-order valence-electron chi connectivity index (χ0n) is 20.0. The molecule has 8 heteroatoms. The first kappa shape index (κ1) is 29.2. The second-order valence-corrected chi connectivity index (χ2v) is 11.7. The highest BCUT2D eigenvalue weighted by atomic mass is 79.9. The zero-order chi connectivity index (χ0) is 27.1. The Kier molecular flexibility index (Phi) is 10.8. The van der Waals surface area contributed by atoms with Gasteiger partial charge in [0.2, 0.25) is 0 Å². The maximum Gasteiger partial charge on any atom is 0.569 e. The Labute approximate surface area is 259 Å². The highest BCUT2D eigenvalue weighted by Crippen LogP contribution is 2.37. The Bertz CT molecular complexity index is 1510. The Hall–Kier alpha value is -1.80. The Balaban J connectivity index is 0.000000140. The van der Waals surface area contributed by atoms with Crippen LogP contribution in [0.3, 0.4) is 0 Å². The average Bonchev–Trinajstić information content (AvgIpc) is 3.55. The first-order chi connectivity index (χ1) is 18.4. The van der Waals surface area contributed by atoms with E-state index in [0.717, 1.165) is 47.4 Å². The van der Waals surface area contributed by atoms with Crippen molar-refractivity contribution < 1.29 is 9.68 Å². The third kappa shape index (κ3) is 7.44.